The molecule has 7 nitrogen and oxygen atoms in total. The Labute approximate surface area is 187 Å². The number of fused-ring (bicyclic) bond motifs is 1. The van der Waals surface area contributed by atoms with Crippen LogP contribution in [0.25, 0.3) is 0 Å². The van der Waals surface area contributed by atoms with Crippen molar-refractivity contribution in [2.24, 2.45) is 0 Å². The number of carbonyl (C=O) groups is 2. The highest BCUT2D eigenvalue weighted by atomic mass is 32.1. The Morgan fingerprint density at radius 1 is 1.13 bits per heavy atom. The maximum atomic E-state index is 12.7. The van der Waals surface area contributed by atoms with Gasteiger partial charge in [0.1, 0.15) is 5.82 Å². The summed E-state index contributed by atoms with van der Waals surface area (Å²) in [5, 5.41) is 2.13. The van der Waals surface area contributed by atoms with Crippen LogP contribution in [0.5, 0.6) is 0 Å². The van der Waals surface area contributed by atoms with Gasteiger partial charge in [0.15, 0.2) is 0 Å². The second-order valence-corrected chi connectivity index (χ2v) is 8.99. The zero-order valence-electron chi connectivity index (χ0n) is 18.1. The van der Waals surface area contributed by atoms with E-state index in [1.807, 2.05) is 11.0 Å². The first-order valence-corrected chi connectivity index (χ1v) is 12.0. The number of amides is 1. The van der Waals surface area contributed by atoms with Gasteiger partial charge in [-0.25, -0.2) is 9.78 Å². The number of ether oxygens (including phenoxy) is 1. The van der Waals surface area contributed by atoms with E-state index < -0.39 is 0 Å². The van der Waals surface area contributed by atoms with E-state index in [2.05, 4.69) is 26.2 Å². The fourth-order valence-corrected chi connectivity index (χ4v) is 5.09. The minimum atomic E-state index is -0.336. The third kappa shape index (κ3) is 5.43. The Bertz CT molecular complexity index is 898. The SMILES string of the molecule is CCOC(=O)c1ccc(N2CCCN(CCC(=O)N3CCc4sccc4C3)CC2)nc1. The molecule has 2 aromatic heterocycles. The fourth-order valence-electron chi connectivity index (χ4n) is 4.21. The number of thiophene rings is 1. The number of rotatable bonds is 6. The van der Waals surface area contributed by atoms with Crippen LogP contribution in [-0.2, 0) is 22.5 Å². The number of carbonyl (C=O) groups excluding carboxylic acids is 2. The lowest BCUT2D eigenvalue weighted by atomic mass is 10.1. The number of anilines is 1. The Morgan fingerprint density at radius 2 is 2.03 bits per heavy atom. The van der Waals surface area contributed by atoms with Crippen molar-refractivity contribution in [2.45, 2.75) is 32.7 Å². The van der Waals surface area contributed by atoms with Crippen LogP contribution < -0.4 is 4.90 Å². The van der Waals surface area contributed by atoms with E-state index in [9.17, 15) is 9.59 Å². The highest BCUT2D eigenvalue weighted by Crippen LogP contribution is 2.24. The lowest BCUT2D eigenvalue weighted by Crippen LogP contribution is -2.38. The molecule has 0 atom stereocenters. The molecule has 0 aliphatic carbocycles. The summed E-state index contributed by atoms with van der Waals surface area (Å²) in [6.07, 6.45) is 4.18. The van der Waals surface area contributed by atoms with Gasteiger partial charge in [0, 0.05) is 56.8 Å². The van der Waals surface area contributed by atoms with Gasteiger partial charge in [-0.3, -0.25) is 4.79 Å². The molecule has 166 valence electrons. The molecule has 0 aromatic carbocycles. The zero-order valence-corrected chi connectivity index (χ0v) is 18.9. The highest BCUT2D eigenvalue weighted by Gasteiger charge is 2.23. The third-order valence-electron chi connectivity index (χ3n) is 5.97. The largest absolute Gasteiger partial charge is 0.462 e. The normalized spacial score (nSPS) is 17.2. The molecule has 0 radical (unpaired) electrons. The minimum absolute atomic E-state index is 0.258. The molecule has 4 heterocycles. The maximum Gasteiger partial charge on any atom is 0.339 e. The maximum absolute atomic E-state index is 12.7. The van der Waals surface area contributed by atoms with Gasteiger partial charge in [0.05, 0.1) is 12.2 Å². The average molecular weight is 443 g/mol. The van der Waals surface area contributed by atoms with E-state index in [1.54, 1.807) is 30.5 Å². The van der Waals surface area contributed by atoms with Crippen LogP contribution in [0.1, 0.15) is 40.6 Å². The summed E-state index contributed by atoms with van der Waals surface area (Å²) in [4.78, 5) is 37.1. The van der Waals surface area contributed by atoms with Gasteiger partial charge >= 0.3 is 5.97 Å². The lowest BCUT2D eigenvalue weighted by Gasteiger charge is -2.28. The molecular formula is C23H30N4O3S. The summed E-state index contributed by atoms with van der Waals surface area (Å²) in [6.45, 7) is 8.23. The third-order valence-corrected chi connectivity index (χ3v) is 7.00. The number of pyridine rings is 1. The molecule has 0 unspecified atom stereocenters. The van der Waals surface area contributed by atoms with Crippen LogP contribution in [0.3, 0.4) is 0 Å². The number of esters is 1. The first-order valence-electron chi connectivity index (χ1n) is 11.1. The molecule has 1 saturated heterocycles. The molecule has 0 N–H and O–H groups in total. The van der Waals surface area contributed by atoms with Crippen molar-refractivity contribution >= 4 is 29.0 Å². The predicted molar refractivity (Wildman–Crippen MR) is 122 cm³/mol. The van der Waals surface area contributed by atoms with Crippen LogP contribution in [0.2, 0.25) is 0 Å². The van der Waals surface area contributed by atoms with Crippen molar-refractivity contribution in [1.29, 1.82) is 0 Å². The zero-order chi connectivity index (χ0) is 21.6. The second kappa shape index (κ2) is 10.2. The summed E-state index contributed by atoms with van der Waals surface area (Å²) < 4.78 is 5.02. The standard InChI is InChI=1S/C23H30N4O3S/c1-2-30-23(29)18-4-5-21(24-16-18)26-10-3-9-25(13-14-26)11-7-22(28)27-12-6-20-19(17-27)8-15-31-20/h4-5,8,15-16H,2-3,6-7,9-14,17H2,1H3. The molecule has 8 heteroatoms. The predicted octanol–water partition coefficient (Wildman–Crippen LogP) is 2.81. The summed E-state index contributed by atoms with van der Waals surface area (Å²) in [6, 6.07) is 5.82. The topological polar surface area (TPSA) is 66.0 Å². The quantitative estimate of drug-likeness (QED) is 0.641. The monoisotopic (exact) mass is 442 g/mol. The number of hydrogen-bond acceptors (Lipinski definition) is 7. The summed E-state index contributed by atoms with van der Waals surface area (Å²) in [7, 11) is 0. The van der Waals surface area contributed by atoms with Crippen molar-refractivity contribution in [3.05, 3.63) is 45.8 Å². The molecule has 1 amide bonds. The smallest absolute Gasteiger partial charge is 0.339 e. The van der Waals surface area contributed by atoms with Crippen molar-refractivity contribution < 1.29 is 14.3 Å². The van der Waals surface area contributed by atoms with Gasteiger partial charge in [-0.2, -0.15) is 0 Å². The van der Waals surface area contributed by atoms with Crippen molar-refractivity contribution in [3.63, 3.8) is 0 Å². The summed E-state index contributed by atoms with van der Waals surface area (Å²) in [5.74, 6) is 0.803. The molecule has 0 saturated carbocycles. The molecule has 2 aliphatic rings. The van der Waals surface area contributed by atoms with Crippen molar-refractivity contribution in [1.82, 2.24) is 14.8 Å². The lowest BCUT2D eigenvalue weighted by molar-refractivity contribution is -0.132. The van der Waals surface area contributed by atoms with Crippen LogP contribution >= 0.6 is 11.3 Å². The number of nitrogens with zero attached hydrogens (tertiary/aromatic N) is 4. The molecular weight excluding hydrogens is 412 g/mol. The molecule has 2 aromatic rings. The van der Waals surface area contributed by atoms with E-state index >= 15 is 0 Å². The van der Waals surface area contributed by atoms with E-state index in [0.717, 1.165) is 64.5 Å². The van der Waals surface area contributed by atoms with Gasteiger partial charge in [-0.05, 0) is 55.5 Å². The Balaban J connectivity index is 1.25. The molecule has 4 rings (SSSR count). The van der Waals surface area contributed by atoms with Gasteiger partial charge < -0.3 is 19.4 Å². The first-order chi connectivity index (χ1) is 15.1. The van der Waals surface area contributed by atoms with E-state index in [4.69, 9.17) is 4.74 Å². The van der Waals surface area contributed by atoms with E-state index in [0.29, 0.717) is 18.6 Å². The van der Waals surface area contributed by atoms with Gasteiger partial charge in [0.25, 0.3) is 0 Å². The van der Waals surface area contributed by atoms with Crippen molar-refractivity contribution in [2.75, 3.05) is 50.8 Å². The number of hydrogen-bond donors (Lipinski definition) is 0. The van der Waals surface area contributed by atoms with Gasteiger partial charge in [-0.15, -0.1) is 11.3 Å². The van der Waals surface area contributed by atoms with Gasteiger partial charge in [0.2, 0.25) is 5.91 Å². The van der Waals surface area contributed by atoms with Crippen LogP contribution in [-0.4, -0.2) is 72.5 Å². The Kier molecular flexibility index (Phi) is 7.19. The molecule has 0 bridgehead atoms. The van der Waals surface area contributed by atoms with Crippen LogP contribution in [0.4, 0.5) is 5.82 Å². The Hall–Kier alpha value is -2.45. The van der Waals surface area contributed by atoms with Crippen molar-refractivity contribution in [3.8, 4) is 0 Å². The van der Waals surface area contributed by atoms with Crippen LogP contribution in [0.15, 0.2) is 29.8 Å². The van der Waals surface area contributed by atoms with Gasteiger partial charge in [-0.1, -0.05) is 0 Å². The summed E-state index contributed by atoms with van der Waals surface area (Å²) >= 11 is 1.80. The van der Waals surface area contributed by atoms with Crippen LogP contribution in [0, 0.1) is 0 Å². The summed E-state index contributed by atoms with van der Waals surface area (Å²) in [5.41, 5.74) is 1.80. The van der Waals surface area contributed by atoms with E-state index in [1.165, 1.54) is 10.4 Å². The molecule has 2 aliphatic heterocycles. The molecule has 1 fully saturated rings. The average Bonchev–Trinajstić information content (AvgIpc) is 3.14. The van der Waals surface area contributed by atoms with E-state index in [-0.39, 0.29) is 11.9 Å². The highest BCUT2D eigenvalue weighted by molar-refractivity contribution is 7.10. The fraction of sp³-hybridized carbons (Fsp3) is 0.522. The Morgan fingerprint density at radius 3 is 2.84 bits per heavy atom. The molecule has 31 heavy (non-hydrogen) atoms. The second-order valence-electron chi connectivity index (χ2n) is 7.99. The minimum Gasteiger partial charge on any atom is -0.462 e. The number of aromatic nitrogens is 1. The molecule has 0 spiro atoms. The first kappa shape index (κ1) is 21.8.